The average molecular weight is 261 g/mol. The van der Waals surface area contributed by atoms with Crippen LogP contribution in [0.2, 0.25) is 0 Å². The minimum Gasteiger partial charge on any atom is -0.398 e. The van der Waals surface area contributed by atoms with Gasteiger partial charge in [0.15, 0.2) is 0 Å². The van der Waals surface area contributed by atoms with Crippen molar-refractivity contribution < 1.29 is 0 Å². The number of hydrogen-bond acceptors (Lipinski definition) is 3. The molecule has 19 heavy (non-hydrogen) atoms. The van der Waals surface area contributed by atoms with Crippen molar-refractivity contribution in [1.29, 1.82) is 0 Å². The van der Waals surface area contributed by atoms with E-state index in [0.717, 1.165) is 31.2 Å². The predicted octanol–water partition coefficient (Wildman–Crippen LogP) is 2.56. The van der Waals surface area contributed by atoms with Crippen molar-refractivity contribution >= 4 is 5.69 Å². The molecule has 1 unspecified atom stereocenters. The third-order valence-electron chi connectivity index (χ3n) is 3.88. The normalized spacial score (nSPS) is 17.2. The molecule has 0 aliphatic carbocycles. The molecule has 0 amide bonds. The van der Waals surface area contributed by atoms with E-state index < -0.39 is 0 Å². The fourth-order valence-corrected chi connectivity index (χ4v) is 3.04. The lowest BCUT2D eigenvalue weighted by molar-refractivity contribution is 0.142. The maximum Gasteiger partial charge on any atom is 0.0363 e. The number of hydrogen-bond donors (Lipinski definition) is 1. The Kier molecular flexibility index (Phi) is 4.48. The van der Waals surface area contributed by atoms with Gasteiger partial charge in [-0.2, -0.15) is 0 Å². The second-order valence-electron chi connectivity index (χ2n) is 6.44. The lowest BCUT2D eigenvalue weighted by Gasteiger charge is -2.31. The fourth-order valence-electron chi connectivity index (χ4n) is 3.04. The van der Waals surface area contributed by atoms with E-state index in [1.54, 1.807) is 0 Å². The number of likely N-dealkylation sites (N-methyl/N-ethyl adjacent to an activating group) is 1. The molecule has 0 saturated carbocycles. The number of nitrogens with zero attached hydrogens (tertiary/aromatic N) is 2. The van der Waals surface area contributed by atoms with Gasteiger partial charge in [-0.3, -0.25) is 4.90 Å². The molecule has 0 radical (unpaired) electrons. The molecule has 1 atom stereocenters. The molecule has 1 aromatic carbocycles. The quantitative estimate of drug-likeness (QED) is 0.827. The van der Waals surface area contributed by atoms with E-state index in [1.807, 2.05) is 6.07 Å². The van der Waals surface area contributed by atoms with Gasteiger partial charge in [0.05, 0.1) is 0 Å². The van der Waals surface area contributed by atoms with E-state index in [4.69, 9.17) is 5.73 Å². The summed E-state index contributed by atoms with van der Waals surface area (Å²) in [5.41, 5.74) is 9.80. The van der Waals surface area contributed by atoms with Gasteiger partial charge in [0, 0.05) is 31.4 Å². The van der Waals surface area contributed by atoms with Crippen LogP contribution in [-0.4, -0.2) is 36.5 Å². The highest BCUT2D eigenvalue weighted by molar-refractivity contribution is 5.52. The topological polar surface area (TPSA) is 32.5 Å². The van der Waals surface area contributed by atoms with Crippen molar-refractivity contribution in [3.8, 4) is 0 Å². The molecule has 106 valence electrons. The Labute approximate surface area is 117 Å². The highest BCUT2D eigenvalue weighted by Gasteiger charge is 2.27. The molecule has 3 heteroatoms. The zero-order valence-corrected chi connectivity index (χ0v) is 12.7. The summed E-state index contributed by atoms with van der Waals surface area (Å²) in [6, 6.07) is 6.92. The van der Waals surface area contributed by atoms with E-state index in [-0.39, 0.29) is 0 Å². The number of nitrogens with two attached hydrogens (primary N) is 1. The van der Waals surface area contributed by atoms with Crippen LogP contribution >= 0.6 is 0 Å². The van der Waals surface area contributed by atoms with E-state index in [9.17, 15) is 0 Å². The average Bonchev–Trinajstić information content (AvgIpc) is 2.72. The SMILES string of the molecule is CC(C)CC(CN(C)C)N1Cc2cccc(N)c2C1. The molecule has 0 aromatic heterocycles. The number of anilines is 1. The van der Waals surface area contributed by atoms with Crippen LogP contribution in [0.4, 0.5) is 5.69 Å². The minimum atomic E-state index is 0.613. The third kappa shape index (κ3) is 3.48. The Hall–Kier alpha value is -1.06. The second-order valence-corrected chi connectivity index (χ2v) is 6.44. The van der Waals surface area contributed by atoms with Crippen LogP contribution in [-0.2, 0) is 13.1 Å². The van der Waals surface area contributed by atoms with E-state index in [1.165, 1.54) is 17.5 Å². The largest absolute Gasteiger partial charge is 0.398 e. The third-order valence-corrected chi connectivity index (χ3v) is 3.88. The molecular weight excluding hydrogens is 234 g/mol. The molecule has 3 nitrogen and oxygen atoms in total. The van der Waals surface area contributed by atoms with E-state index in [0.29, 0.717) is 6.04 Å². The first kappa shape index (κ1) is 14.4. The summed E-state index contributed by atoms with van der Waals surface area (Å²) in [5, 5.41) is 0. The first-order valence-corrected chi connectivity index (χ1v) is 7.22. The van der Waals surface area contributed by atoms with E-state index in [2.05, 4.69) is 49.9 Å². The van der Waals surface area contributed by atoms with Crippen LogP contribution in [0.25, 0.3) is 0 Å². The highest BCUT2D eigenvalue weighted by Crippen LogP contribution is 2.30. The monoisotopic (exact) mass is 261 g/mol. The first-order valence-electron chi connectivity index (χ1n) is 7.22. The number of nitrogen functional groups attached to an aromatic ring is 1. The van der Waals surface area contributed by atoms with Gasteiger partial charge >= 0.3 is 0 Å². The molecule has 0 bridgehead atoms. The Morgan fingerprint density at radius 3 is 2.58 bits per heavy atom. The maximum atomic E-state index is 6.10. The minimum absolute atomic E-state index is 0.613. The molecule has 1 heterocycles. The van der Waals surface area contributed by atoms with Crippen molar-refractivity contribution in [2.24, 2.45) is 5.92 Å². The van der Waals surface area contributed by atoms with Gasteiger partial charge < -0.3 is 10.6 Å². The number of benzene rings is 1. The standard InChI is InChI=1S/C16H27N3/c1-12(2)8-14(10-18(3)4)19-9-13-6-5-7-16(17)15(13)11-19/h5-7,12,14H,8-11,17H2,1-4H3. The van der Waals surface area contributed by atoms with Crippen LogP contribution in [0, 0.1) is 5.92 Å². The van der Waals surface area contributed by atoms with Crippen LogP contribution in [0.1, 0.15) is 31.4 Å². The van der Waals surface area contributed by atoms with Crippen molar-refractivity contribution in [1.82, 2.24) is 9.80 Å². The molecule has 1 aliphatic heterocycles. The molecule has 1 aliphatic rings. The summed E-state index contributed by atoms with van der Waals surface area (Å²) >= 11 is 0. The second kappa shape index (κ2) is 5.93. The Balaban J connectivity index is 2.11. The van der Waals surface area contributed by atoms with Crippen molar-refractivity contribution in [3.05, 3.63) is 29.3 Å². The van der Waals surface area contributed by atoms with E-state index >= 15 is 0 Å². The van der Waals surface area contributed by atoms with Crippen LogP contribution < -0.4 is 5.73 Å². The van der Waals surface area contributed by atoms with Crippen molar-refractivity contribution in [2.45, 2.75) is 39.4 Å². The molecular formula is C16H27N3. The number of rotatable bonds is 5. The molecule has 0 spiro atoms. The summed E-state index contributed by atoms with van der Waals surface area (Å²) in [6.45, 7) is 7.78. The molecule has 1 aromatic rings. The van der Waals surface area contributed by atoms with Gasteiger partial charge in [-0.15, -0.1) is 0 Å². The predicted molar refractivity (Wildman–Crippen MR) is 81.9 cm³/mol. The lowest BCUT2D eigenvalue weighted by atomic mass is 10.0. The van der Waals surface area contributed by atoms with Gasteiger partial charge in [-0.25, -0.2) is 0 Å². The maximum absolute atomic E-state index is 6.10. The molecule has 2 rings (SSSR count). The van der Waals surface area contributed by atoms with Gasteiger partial charge in [-0.05, 0) is 43.6 Å². The number of fused-ring (bicyclic) bond motifs is 1. The summed E-state index contributed by atoms with van der Waals surface area (Å²) in [5.74, 6) is 0.728. The molecule has 0 fully saturated rings. The molecule has 2 N–H and O–H groups in total. The van der Waals surface area contributed by atoms with Crippen molar-refractivity contribution in [3.63, 3.8) is 0 Å². The first-order chi connectivity index (χ1) is 8.97. The van der Waals surface area contributed by atoms with Crippen molar-refractivity contribution in [2.75, 3.05) is 26.4 Å². The van der Waals surface area contributed by atoms with Gasteiger partial charge in [-0.1, -0.05) is 26.0 Å². The summed E-state index contributed by atoms with van der Waals surface area (Å²) < 4.78 is 0. The Morgan fingerprint density at radius 2 is 2.00 bits per heavy atom. The van der Waals surface area contributed by atoms with Gasteiger partial charge in [0.1, 0.15) is 0 Å². The molecule has 0 saturated heterocycles. The van der Waals surface area contributed by atoms with Crippen LogP contribution in [0.15, 0.2) is 18.2 Å². The van der Waals surface area contributed by atoms with Crippen LogP contribution in [0.5, 0.6) is 0 Å². The smallest absolute Gasteiger partial charge is 0.0363 e. The van der Waals surface area contributed by atoms with Crippen LogP contribution in [0.3, 0.4) is 0 Å². The summed E-state index contributed by atoms with van der Waals surface area (Å²) in [4.78, 5) is 4.88. The Bertz CT molecular complexity index is 416. The zero-order valence-electron chi connectivity index (χ0n) is 12.7. The summed E-state index contributed by atoms with van der Waals surface area (Å²) in [7, 11) is 4.32. The Morgan fingerprint density at radius 1 is 1.26 bits per heavy atom. The van der Waals surface area contributed by atoms with Gasteiger partial charge in [0.25, 0.3) is 0 Å². The zero-order chi connectivity index (χ0) is 14.0. The lowest BCUT2D eigenvalue weighted by Crippen LogP contribution is -2.40. The van der Waals surface area contributed by atoms with Gasteiger partial charge in [0.2, 0.25) is 0 Å². The highest BCUT2D eigenvalue weighted by atomic mass is 15.2. The summed E-state index contributed by atoms with van der Waals surface area (Å²) in [6.07, 6.45) is 1.24. The fraction of sp³-hybridized carbons (Fsp3) is 0.625.